The van der Waals surface area contributed by atoms with E-state index in [2.05, 4.69) is 5.32 Å². The topological polar surface area (TPSA) is 58.6 Å². The Kier molecular flexibility index (Phi) is 2.87. The summed E-state index contributed by atoms with van der Waals surface area (Å²) in [5.74, 6) is -0.377. The van der Waals surface area contributed by atoms with Gasteiger partial charge in [-0.25, -0.2) is 9.69 Å². The first-order valence-corrected chi connectivity index (χ1v) is 5.05. The van der Waals surface area contributed by atoms with Crippen LogP contribution in [0.2, 0.25) is 0 Å². The van der Waals surface area contributed by atoms with Crippen LogP contribution < -0.4 is 10.2 Å². The van der Waals surface area contributed by atoms with E-state index in [4.69, 9.17) is 4.74 Å². The summed E-state index contributed by atoms with van der Waals surface area (Å²) in [7, 11) is 0. The van der Waals surface area contributed by atoms with Gasteiger partial charge in [-0.1, -0.05) is 18.2 Å². The molecule has 5 heteroatoms. The van der Waals surface area contributed by atoms with E-state index in [1.165, 1.54) is 0 Å². The summed E-state index contributed by atoms with van der Waals surface area (Å²) in [5, 5.41) is 2.47. The number of anilines is 1. The molecule has 1 unspecified atom stereocenters. The Labute approximate surface area is 93.0 Å². The van der Waals surface area contributed by atoms with E-state index in [-0.39, 0.29) is 5.91 Å². The molecule has 1 N–H and O–H groups in total. The Morgan fingerprint density at radius 1 is 1.31 bits per heavy atom. The molecule has 0 radical (unpaired) electrons. The van der Waals surface area contributed by atoms with Crippen LogP contribution in [0.3, 0.4) is 0 Å². The number of rotatable bonds is 3. The molecule has 1 saturated heterocycles. The maximum absolute atomic E-state index is 11.8. The third kappa shape index (κ3) is 1.77. The predicted octanol–water partition coefficient (Wildman–Crippen LogP) is 1.11. The number of carbonyl (C=O) groups is 2. The van der Waals surface area contributed by atoms with E-state index in [1.807, 2.05) is 6.07 Å². The van der Waals surface area contributed by atoms with Crippen LogP contribution in [0.1, 0.15) is 6.92 Å². The van der Waals surface area contributed by atoms with Crippen molar-refractivity contribution < 1.29 is 14.3 Å². The minimum Gasteiger partial charge on any atom is -0.350 e. The van der Waals surface area contributed by atoms with E-state index < -0.39 is 12.3 Å². The first-order chi connectivity index (χ1) is 7.74. The minimum absolute atomic E-state index is 0.374. The molecular formula is C11H12N2O3. The van der Waals surface area contributed by atoms with Crippen molar-refractivity contribution in [2.75, 3.05) is 11.5 Å². The van der Waals surface area contributed by atoms with Crippen LogP contribution in [-0.4, -0.2) is 24.8 Å². The molecule has 2 rings (SSSR count). The van der Waals surface area contributed by atoms with Gasteiger partial charge in [0.15, 0.2) is 0 Å². The van der Waals surface area contributed by atoms with Crippen molar-refractivity contribution >= 4 is 17.6 Å². The maximum Gasteiger partial charge on any atom is 0.331 e. The van der Waals surface area contributed by atoms with E-state index in [0.29, 0.717) is 12.3 Å². The minimum atomic E-state index is -0.863. The summed E-state index contributed by atoms with van der Waals surface area (Å²) in [6.45, 7) is 2.14. The van der Waals surface area contributed by atoms with Crippen LogP contribution in [0.5, 0.6) is 0 Å². The van der Waals surface area contributed by atoms with Gasteiger partial charge in [-0.15, -0.1) is 0 Å². The van der Waals surface area contributed by atoms with Crippen LogP contribution in [0, 0.1) is 0 Å². The Balaban J connectivity index is 2.23. The Morgan fingerprint density at radius 2 is 2.00 bits per heavy atom. The van der Waals surface area contributed by atoms with Gasteiger partial charge in [-0.2, -0.15) is 0 Å². The Hall–Kier alpha value is -1.88. The monoisotopic (exact) mass is 220 g/mol. The molecule has 0 bridgehead atoms. The Bertz CT molecular complexity index is 405. The van der Waals surface area contributed by atoms with Gasteiger partial charge in [0.1, 0.15) is 0 Å². The van der Waals surface area contributed by atoms with Crippen LogP contribution in [-0.2, 0) is 9.53 Å². The normalized spacial score (nSPS) is 20.1. The summed E-state index contributed by atoms with van der Waals surface area (Å²) in [6.07, 6.45) is -0.863. The van der Waals surface area contributed by atoms with Crippen LogP contribution in [0.25, 0.3) is 0 Å². The average molecular weight is 220 g/mol. The van der Waals surface area contributed by atoms with Crippen molar-refractivity contribution in [1.82, 2.24) is 5.32 Å². The van der Waals surface area contributed by atoms with Crippen LogP contribution in [0.15, 0.2) is 30.3 Å². The summed E-state index contributed by atoms with van der Waals surface area (Å²) < 4.78 is 5.11. The van der Waals surface area contributed by atoms with E-state index in [1.54, 1.807) is 31.2 Å². The molecule has 0 aromatic heterocycles. The molecule has 1 aromatic rings. The fourth-order valence-corrected chi connectivity index (χ4v) is 1.56. The van der Waals surface area contributed by atoms with Crippen molar-refractivity contribution in [1.29, 1.82) is 0 Å². The van der Waals surface area contributed by atoms with Crippen molar-refractivity contribution in [3.63, 3.8) is 0 Å². The quantitative estimate of drug-likeness (QED) is 0.776. The number of ether oxygens (including phenoxy) is 1. The van der Waals surface area contributed by atoms with Crippen LogP contribution in [0.4, 0.5) is 10.5 Å². The molecule has 0 spiro atoms. The number of nitrogens with one attached hydrogen (secondary N) is 1. The third-order valence-electron chi connectivity index (χ3n) is 2.25. The molecule has 5 nitrogen and oxygen atoms in total. The van der Waals surface area contributed by atoms with Crippen molar-refractivity contribution in [3.05, 3.63) is 30.3 Å². The zero-order valence-electron chi connectivity index (χ0n) is 8.84. The number of carbonyl (C=O) groups excluding carboxylic acids is 2. The molecular weight excluding hydrogens is 208 g/mol. The first-order valence-electron chi connectivity index (χ1n) is 5.05. The molecule has 0 aliphatic carbocycles. The fourth-order valence-electron chi connectivity index (χ4n) is 1.56. The van der Waals surface area contributed by atoms with Gasteiger partial charge in [0, 0.05) is 6.61 Å². The predicted molar refractivity (Wildman–Crippen MR) is 57.9 cm³/mol. The summed E-state index contributed by atoms with van der Waals surface area (Å²) >= 11 is 0. The van der Waals surface area contributed by atoms with Gasteiger partial charge in [0.05, 0.1) is 5.69 Å². The molecule has 16 heavy (non-hydrogen) atoms. The number of amides is 3. The highest BCUT2D eigenvalue weighted by Crippen LogP contribution is 2.18. The molecule has 3 amide bonds. The SMILES string of the molecule is CCOC1NC(=O)N(c2ccccc2)C1=O. The fraction of sp³-hybridized carbons (Fsp3) is 0.273. The molecule has 84 valence electrons. The second-order valence-corrected chi connectivity index (χ2v) is 3.29. The molecule has 0 saturated carbocycles. The van der Waals surface area contributed by atoms with Gasteiger partial charge >= 0.3 is 6.03 Å². The lowest BCUT2D eigenvalue weighted by Gasteiger charge is -2.12. The zero-order chi connectivity index (χ0) is 11.5. The second-order valence-electron chi connectivity index (χ2n) is 3.29. The highest BCUT2D eigenvalue weighted by molar-refractivity contribution is 6.20. The third-order valence-corrected chi connectivity index (χ3v) is 2.25. The number of nitrogens with zero attached hydrogens (tertiary/aromatic N) is 1. The summed E-state index contributed by atoms with van der Waals surface area (Å²) in [6, 6.07) is 8.31. The van der Waals surface area contributed by atoms with E-state index in [0.717, 1.165) is 4.90 Å². The summed E-state index contributed by atoms with van der Waals surface area (Å²) in [4.78, 5) is 24.5. The van der Waals surface area contributed by atoms with E-state index in [9.17, 15) is 9.59 Å². The second kappa shape index (κ2) is 4.32. The molecule has 1 fully saturated rings. The Morgan fingerprint density at radius 3 is 2.62 bits per heavy atom. The lowest BCUT2D eigenvalue weighted by atomic mass is 10.3. The smallest absolute Gasteiger partial charge is 0.331 e. The van der Waals surface area contributed by atoms with E-state index >= 15 is 0 Å². The summed E-state index contributed by atoms with van der Waals surface area (Å²) in [5.41, 5.74) is 0.548. The molecule has 1 atom stereocenters. The number of urea groups is 1. The van der Waals surface area contributed by atoms with Gasteiger partial charge in [-0.3, -0.25) is 4.79 Å². The maximum atomic E-state index is 11.8. The van der Waals surface area contributed by atoms with Crippen molar-refractivity contribution in [3.8, 4) is 0 Å². The molecule has 1 aromatic carbocycles. The van der Waals surface area contributed by atoms with Crippen molar-refractivity contribution in [2.45, 2.75) is 13.2 Å². The van der Waals surface area contributed by atoms with Crippen LogP contribution >= 0.6 is 0 Å². The van der Waals surface area contributed by atoms with Gasteiger partial charge in [0.25, 0.3) is 5.91 Å². The highest BCUT2D eigenvalue weighted by Gasteiger charge is 2.39. The highest BCUT2D eigenvalue weighted by atomic mass is 16.5. The molecule has 1 heterocycles. The number of benzene rings is 1. The number of imide groups is 1. The number of hydrogen-bond donors (Lipinski definition) is 1. The lowest BCUT2D eigenvalue weighted by Crippen LogP contribution is -2.32. The van der Waals surface area contributed by atoms with Gasteiger partial charge < -0.3 is 10.1 Å². The zero-order valence-corrected chi connectivity index (χ0v) is 8.84. The van der Waals surface area contributed by atoms with Gasteiger partial charge in [-0.05, 0) is 19.1 Å². The number of hydrogen-bond acceptors (Lipinski definition) is 3. The number of para-hydroxylation sites is 1. The largest absolute Gasteiger partial charge is 0.350 e. The average Bonchev–Trinajstić information content (AvgIpc) is 2.56. The first kappa shape index (κ1) is 10.6. The lowest BCUT2D eigenvalue weighted by molar-refractivity contribution is -0.127. The molecule has 1 aliphatic heterocycles. The van der Waals surface area contributed by atoms with Gasteiger partial charge in [0.2, 0.25) is 6.23 Å². The van der Waals surface area contributed by atoms with Crippen molar-refractivity contribution in [2.24, 2.45) is 0 Å². The molecule has 1 aliphatic rings. The standard InChI is InChI=1S/C11H12N2O3/c1-2-16-9-10(14)13(11(15)12-9)8-6-4-3-5-7-8/h3-7,9H,2H2,1H3,(H,12,15).